The highest BCUT2D eigenvalue weighted by Gasteiger charge is 2.12. The van der Waals surface area contributed by atoms with Crippen LogP contribution in [0, 0.1) is 11.3 Å². The number of hydrogen-bond acceptors (Lipinski definition) is 4. The Kier molecular flexibility index (Phi) is 5.37. The molecule has 1 saturated heterocycles. The van der Waals surface area contributed by atoms with Gasteiger partial charge < -0.3 is 10.1 Å². The molecule has 1 heterocycles. The summed E-state index contributed by atoms with van der Waals surface area (Å²) in [6, 6.07) is 9.98. The molecule has 0 radical (unpaired) electrons. The van der Waals surface area contributed by atoms with E-state index in [9.17, 15) is 0 Å². The number of nitrogens with one attached hydrogen (secondary N) is 1. The minimum atomic E-state index is 0.647. The van der Waals surface area contributed by atoms with Gasteiger partial charge in [0.25, 0.3) is 0 Å². The molecule has 3 nitrogen and oxygen atoms in total. The first-order chi connectivity index (χ1) is 8.88. The van der Waals surface area contributed by atoms with Gasteiger partial charge in [0.05, 0.1) is 11.6 Å². The summed E-state index contributed by atoms with van der Waals surface area (Å²) in [4.78, 5) is 0. The first-order valence-corrected chi connectivity index (χ1v) is 7.48. The Bertz CT molecular complexity index is 393. The van der Waals surface area contributed by atoms with Gasteiger partial charge in [-0.3, -0.25) is 0 Å². The predicted octanol–water partition coefficient (Wildman–Crippen LogP) is 2.42. The standard InChI is InChI=1S/C14H18N2OS/c15-10-12-3-5-14(6-4-12)17-8-7-16-13-2-1-9-18-11-13/h3-6,13,16H,1-2,7-9,11H2/t13-/m1/s1. The fourth-order valence-electron chi connectivity index (χ4n) is 1.96. The molecule has 2 rings (SSSR count). The van der Waals surface area contributed by atoms with Gasteiger partial charge in [0.15, 0.2) is 0 Å². The lowest BCUT2D eigenvalue weighted by atomic mass is 10.2. The van der Waals surface area contributed by atoms with Crippen LogP contribution in [0.2, 0.25) is 0 Å². The molecule has 96 valence electrons. The summed E-state index contributed by atoms with van der Waals surface area (Å²) in [6.07, 6.45) is 2.60. The largest absolute Gasteiger partial charge is 0.492 e. The molecular weight excluding hydrogens is 244 g/mol. The Morgan fingerprint density at radius 3 is 2.89 bits per heavy atom. The number of rotatable bonds is 5. The summed E-state index contributed by atoms with van der Waals surface area (Å²) in [5, 5.41) is 12.2. The van der Waals surface area contributed by atoms with Crippen LogP contribution in [0.25, 0.3) is 0 Å². The van der Waals surface area contributed by atoms with Gasteiger partial charge in [-0.15, -0.1) is 0 Å². The number of benzene rings is 1. The molecule has 0 bridgehead atoms. The molecule has 1 aromatic carbocycles. The van der Waals surface area contributed by atoms with Crippen LogP contribution in [0.3, 0.4) is 0 Å². The zero-order valence-corrected chi connectivity index (χ0v) is 11.2. The molecule has 1 fully saturated rings. The van der Waals surface area contributed by atoms with Crippen molar-refractivity contribution in [1.82, 2.24) is 5.32 Å². The van der Waals surface area contributed by atoms with E-state index in [0.29, 0.717) is 18.2 Å². The number of ether oxygens (including phenoxy) is 1. The van der Waals surface area contributed by atoms with Crippen molar-refractivity contribution in [3.05, 3.63) is 29.8 Å². The second-order valence-electron chi connectivity index (χ2n) is 4.35. The van der Waals surface area contributed by atoms with Crippen molar-refractivity contribution in [3.63, 3.8) is 0 Å². The summed E-state index contributed by atoms with van der Waals surface area (Å²) in [7, 11) is 0. The molecule has 0 saturated carbocycles. The van der Waals surface area contributed by atoms with E-state index in [1.54, 1.807) is 12.1 Å². The summed E-state index contributed by atoms with van der Waals surface area (Å²) in [6.45, 7) is 1.55. The monoisotopic (exact) mass is 262 g/mol. The van der Waals surface area contributed by atoms with E-state index in [0.717, 1.165) is 12.3 Å². The van der Waals surface area contributed by atoms with Gasteiger partial charge in [0.1, 0.15) is 12.4 Å². The van der Waals surface area contributed by atoms with Crippen molar-refractivity contribution < 1.29 is 4.74 Å². The molecule has 0 unspecified atom stereocenters. The number of thioether (sulfide) groups is 1. The molecule has 1 atom stereocenters. The highest BCUT2D eigenvalue weighted by Crippen LogP contribution is 2.16. The topological polar surface area (TPSA) is 45.0 Å². The Hall–Kier alpha value is -1.18. The van der Waals surface area contributed by atoms with Gasteiger partial charge in [-0.2, -0.15) is 17.0 Å². The Morgan fingerprint density at radius 2 is 2.22 bits per heavy atom. The summed E-state index contributed by atoms with van der Waals surface area (Å²) < 4.78 is 5.62. The fraction of sp³-hybridized carbons (Fsp3) is 0.500. The lowest BCUT2D eigenvalue weighted by molar-refractivity contribution is 0.305. The second kappa shape index (κ2) is 7.30. The van der Waals surface area contributed by atoms with Crippen LogP contribution in [0.1, 0.15) is 18.4 Å². The molecule has 18 heavy (non-hydrogen) atoms. The van der Waals surface area contributed by atoms with Gasteiger partial charge in [0.2, 0.25) is 0 Å². The highest BCUT2D eigenvalue weighted by atomic mass is 32.2. The maximum atomic E-state index is 8.68. The van der Waals surface area contributed by atoms with Crippen LogP contribution in [-0.4, -0.2) is 30.7 Å². The van der Waals surface area contributed by atoms with Crippen LogP contribution in [0.5, 0.6) is 5.75 Å². The average molecular weight is 262 g/mol. The molecule has 1 aliphatic heterocycles. The van der Waals surface area contributed by atoms with Crippen molar-refractivity contribution in [1.29, 1.82) is 5.26 Å². The molecule has 0 spiro atoms. The van der Waals surface area contributed by atoms with Gasteiger partial charge in [-0.25, -0.2) is 0 Å². The lowest BCUT2D eigenvalue weighted by Gasteiger charge is -2.22. The van der Waals surface area contributed by atoms with Gasteiger partial charge in [-0.1, -0.05) is 0 Å². The zero-order valence-electron chi connectivity index (χ0n) is 10.4. The Labute approximate surface area is 113 Å². The van der Waals surface area contributed by atoms with Crippen molar-refractivity contribution >= 4 is 11.8 Å². The van der Waals surface area contributed by atoms with Gasteiger partial charge in [0, 0.05) is 18.3 Å². The van der Waals surface area contributed by atoms with Crippen LogP contribution < -0.4 is 10.1 Å². The summed E-state index contributed by atoms with van der Waals surface area (Å²) in [5.41, 5.74) is 0.666. The first kappa shape index (κ1) is 13.3. The Balaban J connectivity index is 1.63. The molecule has 1 aliphatic rings. The normalized spacial score (nSPS) is 19.2. The van der Waals surface area contributed by atoms with E-state index in [1.807, 2.05) is 23.9 Å². The predicted molar refractivity (Wildman–Crippen MR) is 75.0 cm³/mol. The van der Waals surface area contributed by atoms with E-state index in [-0.39, 0.29) is 0 Å². The van der Waals surface area contributed by atoms with Crippen LogP contribution in [0.4, 0.5) is 0 Å². The maximum Gasteiger partial charge on any atom is 0.119 e. The summed E-state index contributed by atoms with van der Waals surface area (Å²) >= 11 is 2.03. The molecule has 0 amide bonds. The van der Waals surface area contributed by atoms with Crippen molar-refractivity contribution in [2.75, 3.05) is 24.7 Å². The number of hydrogen-bond donors (Lipinski definition) is 1. The smallest absolute Gasteiger partial charge is 0.119 e. The van der Waals surface area contributed by atoms with Crippen LogP contribution >= 0.6 is 11.8 Å². The third kappa shape index (κ3) is 4.25. The zero-order chi connectivity index (χ0) is 12.6. The van der Waals surface area contributed by atoms with E-state index in [1.165, 1.54) is 24.3 Å². The summed E-state index contributed by atoms with van der Waals surface area (Å²) in [5.74, 6) is 3.35. The lowest BCUT2D eigenvalue weighted by Crippen LogP contribution is -2.36. The fourth-order valence-corrected chi connectivity index (χ4v) is 3.07. The van der Waals surface area contributed by atoms with Gasteiger partial charge >= 0.3 is 0 Å². The van der Waals surface area contributed by atoms with Crippen molar-refractivity contribution in [2.24, 2.45) is 0 Å². The maximum absolute atomic E-state index is 8.68. The molecule has 0 aromatic heterocycles. The molecular formula is C14H18N2OS. The quantitative estimate of drug-likeness (QED) is 0.828. The number of nitriles is 1. The van der Waals surface area contributed by atoms with Crippen molar-refractivity contribution in [2.45, 2.75) is 18.9 Å². The molecule has 1 N–H and O–H groups in total. The minimum Gasteiger partial charge on any atom is -0.492 e. The third-order valence-electron chi connectivity index (χ3n) is 2.95. The van der Waals surface area contributed by atoms with E-state index in [4.69, 9.17) is 10.00 Å². The van der Waals surface area contributed by atoms with Gasteiger partial charge in [-0.05, 0) is 42.9 Å². The highest BCUT2D eigenvalue weighted by molar-refractivity contribution is 7.99. The molecule has 0 aliphatic carbocycles. The molecule has 4 heteroatoms. The first-order valence-electron chi connectivity index (χ1n) is 6.32. The molecule has 1 aromatic rings. The third-order valence-corrected chi connectivity index (χ3v) is 4.16. The van der Waals surface area contributed by atoms with Crippen LogP contribution in [-0.2, 0) is 0 Å². The number of nitrogens with zero attached hydrogens (tertiary/aromatic N) is 1. The van der Waals surface area contributed by atoms with E-state index in [2.05, 4.69) is 11.4 Å². The van der Waals surface area contributed by atoms with Crippen molar-refractivity contribution in [3.8, 4) is 11.8 Å². The van der Waals surface area contributed by atoms with Crippen LogP contribution in [0.15, 0.2) is 24.3 Å². The Morgan fingerprint density at radius 1 is 1.39 bits per heavy atom. The van der Waals surface area contributed by atoms with E-state index < -0.39 is 0 Å². The SMILES string of the molecule is N#Cc1ccc(OCCN[C@@H]2CCCSC2)cc1. The average Bonchev–Trinajstić information content (AvgIpc) is 2.45. The second-order valence-corrected chi connectivity index (χ2v) is 5.50. The minimum absolute atomic E-state index is 0.647. The van der Waals surface area contributed by atoms with E-state index >= 15 is 0 Å².